The number of hydrogen-bond acceptors (Lipinski definition) is 6. The molecule has 1 aliphatic rings. The number of hydrogen-bond donors (Lipinski definition) is 1. The van der Waals surface area contributed by atoms with Crippen molar-refractivity contribution in [1.29, 1.82) is 0 Å². The van der Waals surface area contributed by atoms with E-state index >= 15 is 0 Å². The van der Waals surface area contributed by atoms with E-state index in [0.29, 0.717) is 18.0 Å². The minimum Gasteiger partial charge on any atom is -0.492 e. The lowest BCUT2D eigenvalue weighted by Crippen LogP contribution is -2.39. The minimum atomic E-state index is -0.217. The van der Waals surface area contributed by atoms with E-state index in [1.165, 1.54) is 6.42 Å². The van der Waals surface area contributed by atoms with E-state index in [9.17, 15) is 4.79 Å². The van der Waals surface area contributed by atoms with Gasteiger partial charge in [0.05, 0.1) is 0 Å². The second kappa shape index (κ2) is 8.62. The molecule has 2 aromatic heterocycles. The van der Waals surface area contributed by atoms with Crippen LogP contribution in [0.2, 0.25) is 0 Å². The summed E-state index contributed by atoms with van der Waals surface area (Å²) in [6, 6.07) is 7.36. The summed E-state index contributed by atoms with van der Waals surface area (Å²) in [4.78, 5) is 23.7. The highest BCUT2D eigenvalue weighted by molar-refractivity contribution is 6.03. The number of likely N-dealkylation sites (tertiary alicyclic amines) is 1. The van der Waals surface area contributed by atoms with E-state index in [1.807, 2.05) is 32.0 Å². The van der Waals surface area contributed by atoms with Gasteiger partial charge in [0.25, 0.3) is 5.91 Å². The maximum absolute atomic E-state index is 12.6. The van der Waals surface area contributed by atoms with Crippen molar-refractivity contribution in [1.82, 2.24) is 24.6 Å². The quantitative estimate of drug-likeness (QED) is 0.649. The molecule has 1 aromatic carbocycles. The van der Waals surface area contributed by atoms with Crippen molar-refractivity contribution in [3.63, 3.8) is 0 Å². The number of amides is 1. The monoisotopic (exact) mass is 406 g/mol. The van der Waals surface area contributed by atoms with Crippen molar-refractivity contribution < 1.29 is 9.53 Å². The van der Waals surface area contributed by atoms with E-state index in [1.54, 1.807) is 30.3 Å². The Balaban J connectivity index is 1.63. The summed E-state index contributed by atoms with van der Waals surface area (Å²) in [5.74, 6) is 0.542. The Morgan fingerprint density at radius 1 is 1.17 bits per heavy atom. The number of benzene rings is 1. The lowest BCUT2D eigenvalue weighted by atomic mass is 10.0. The fourth-order valence-electron chi connectivity index (χ4n) is 3.59. The average Bonchev–Trinajstić information content (AvgIpc) is 3.11. The molecule has 4 rings (SSSR count). The van der Waals surface area contributed by atoms with Crippen molar-refractivity contribution in [2.45, 2.75) is 20.3 Å². The molecule has 1 saturated heterocycles. The molecule has 3 heterocycles. The van der Waals surface area contributed by atoms with Crippen LogP contribution in [0.1, 0.15) is 28.3 Å². The summed E-state index contributed by atoms with van der Waals surface area (Å²) in [7, 11) is 1.74. The van der Waals surface area contributed by atoms with Gasteiger partial charge in [0.2, 0.25) is 0 Å². The summed E-state index contributed by atoms with van der Waals surface area (Å²) in [6.45, 7) is 7.70. The fraction of sp³-hybridized carbons (Fsp3) is 0.364. The molecule has 8 nitrogen and oxygen atoms in total. The predicted octanol–water partition coefficient (Wildman–Crippen LogP) is 2.83. The Hall–Kier alpha value is -3.26. The van der Waals surface area contributed by atoms with Crippen LogP contribution in [0.25, 0.3) is 11.1 Å². The smallest absolute Gasteiger partial charge is 0.273 e. The second-order valence-electron chi connectivity index (χ2n) is 7.47. The molecule has 0 aliphatic carbocycles. The second-order valence-corrected chi connectivity index (χ2v) is 7.47. The average molecular weight is 406 g/mol. The number of carbonyl (C=O) groups excluding carboxylic acids is 1. The van der Waals surface area contributed by atoms with E-state index in [0.717, 1.165) is 47.9 Å². The van der Waals surface area contributed by atoms with Gasteiger partial charge in [-0.25, -0.2) is 9.97 Å². The first-order valence-corrected chi connectivity index (χ1v) is 10.1. The van der Waals surface area contributed by atoms with E-state index < -0.39 is 0 Å². The van der Waals surface area contributed by atoms with Gasteiger partial charge in [-0.3, -0.25) is 14.4 Å². The molecule has 0 bridgehead atoms. The molecule has 0 radical (unpaired) electrons. The lowest BCUT2D eigenvalue weighted by Gasteiger charge is -2.30. The molecule has 0 atom stereocenters. The zero-order chi connectivity index (χ0) is 21.1. The SMILES string of the molecule is Cc1ncnc(C)c1-c1cc(NC(=O)c2ccnn2C)ccc1OCCN1CCC1. The first kappa shape index (κ1) is 20.0. The van der Waals surface area contributed by atoms with E-state index in [4.69, 9.17) is 4.74 Å². The molecule has 1 aliphatic heterocycles. The van der Waals surface area contributed by atoms with E-state index in [-0.39, 0.29) is 5.91 Å². The molecule has 1 fully saturated rings. The number of rotatable bonds is 7. The molecule has 156 valence electrons. The molecule has 30 heavy (non-hydrogen) atoms. The van der Waals surface area contributed by atoms with Gasteiger partial charge in [-0.05, 0) is 57.6 Å². The third kappa shape index (κ3) is 4.18. The van der Waals surface area contributed by atoms with Crippen molar-refractivity contribution >= 4 is 11.6 Å². The van der Waals surface area contributed by atoms with Crippen molar-refractivity contribution in [3.05, 3.63) is 53.9 Å². The normalized spacial score (nSPS) is 13.7. The summed E-state index contributed by atoms with van der Waals surface area (Å²) < 4.78 is 7.68. The van der Waals surface area contributed by atoms with Gasteiger partial charge < -0.3 is 10.1 Å². The molecule has 3 aromatic rings. The third-order valence-corrected chi connectivity index (χ3v) is 5.40. The van der Waals surface area contributed by atoms with Gasteiger partial charge in [0.15, 0.2) is 0 Å². The molecule has 1 N–H and O–H groups in total. The lowest BCUT2D eigenvalue weighted by molar-refractivity contribution is 0.101. The van der Waals surface area contributed by atoms with Gasteiger partial charge in [-0.1, -0.05) is 0 Å². The maximum atomic E-state index is 12.6. The molecular weight excluding hydrogens is 380 g/mol. The van der Waals surface area contributed by atoms with Crippen molar-refractivity contribution in [2.75, 3.05) is 31.6 Å². The third-order valence-electron chi connectivity index (χ3n) is 5.40. The van der Waals surface area contributed by atoms with Crippen LogP contribution in [0.5, 0.6) is 5.75 Å². The standard InChI is InChI=1S/C22H26N6O2/c1-15-21(16(2)24-14-23-15)18-13-17(26-22(29)19-7-8-25-27(19)3)5-6-20(18)30-12-11-28-9-4-10-28/h5-8,13-14H,4,9-12H2,1-3H3,(H,26,29). The Kier molecular flexibility index (Phi) is 5.76. The van der Waals surface area contributed by atoms with Crippen LogP contribution in [0.3, 0.4) is 0 Å². The first-order chi connectivity index (χ1) is 14.5. The van der Waals surface area contributed by atoms with Gasteiger partial charge in [-0.2, -0.15) is 5.10 Å². The number of nitrogens with zero attached hydrogens (tertiary/aromatic N) is 5. The van der Waals surface area contributed by atoms with Crippen LogP contribution in [-0.4, -0.2) is 56.8 Å². The summed E-state index contributed by atoms with van der Waals surface area (Å²) in [5, 5.41) is 7.01. The molecular formula is C22H26N6O2. The molecule has 0 unspecified atom stereocenters. The van der Waals surface area contributed by atoms with Gasteiger partial charge in [0.1, 0.15) is 24.4 Å². The highest BCUT2D eigenvalue weighted by atomic mass is 16.5. The van der Waals surface area contributed by atoms with Gasteiger partial charge in [0, 0.05) is 48.0 Å². The number of aromatic nitrogens is 4. The van der Waals surface area contributed by atoms with Crippen molar-refractivity contribution in [3.8, 4) is 16.9 Å². The molecule has 1 amide bonds. The molecule has 0 saturated carbocycles. The van der Waals surface area contributed by atoms with Crippen LogP contribution in [-0.2, 0) is 7.05 Å². The Bertz CT molecular complexity index is 1040. The summed E-state index contributed by atoms with van der Waals surface area (Å²) in [6.07, 6.45) is 4.42. The zero-order valence-electron chi connectivity index (χ0n) is 17.6. The van der Waals surface area contributed by atoms with E-state index in [2.05, 4.69) is 25.3 Å². The van der Waals surface area contributed by atoms with Crippen LogP contribution < -0.4 is 10.1 Å². The van der Waals surface area contributed by atoms with Crippen LogP contribution in [0, 0.1) is 13.8 Å². The number of ether oxygens (including phenoxy) is 1. The maximum Gasteiger partial charge on any atom is 0.273 e. The highest BCUT2D eigenvalue weighted by Gasteiger charge is 2.18. The number of anilines is 1. The first-order valence-electron chi connectivity index (χ1n) is 10.1. The van der Waals surface area contributed by atoms with Crippen LogP contribution >= 0.6 is 0 Å². The molecule has 0 spiro atoms. The number of aryl methyl sites for hydroxylation is 3. The summed E-state index contributed by atoms with van der Waals surface area (Å²) >= 11 is 0. The highest BCUT2D eigenvalue weighted by Crippen LogP contribution is 2.35. The number of nitrogens with one attached hydrogen (secondary N) is 1. The Morgan fingerprint density at radius 2 is 1.93 bits per heavy atom. The van der Waals surface area contributed by atoms with Gasteiger partial charge in [-0.15, -0.1) is 0 Å². The zero-order valence-corrected chi connectivity index (χ0v) is 17.6. The Morgan fingerprint density at radius 3 is 2.57 bits per heavy atom. The largest absolute Gasteiger partial charge is 0.492 e. The predicted molar refractivity (Wildman–Crippen MR) is 115 cm³/mol. The summed E-state index contributed by atoms with van der Waals surface area (Å²) in [5.41, 5.74) is 4.69. The topological polar surface area (TPSA) is 85.2 Å². The Labute approximate surface area is 175 Å². The molecule has 8 heteroatoms. The minimum absolute atomic E-state index is 0.217. The van der Waals surface area contributed by atoms with Crippen molar-refractivity contribution in [2.24, 2.45) is 7.05 Å². The van der Waals surface area contributed by atoms with Gasteiger partial charge >= 0.3 is 0 Å². The van der Waals surface area contributed by atoms with Crippen LogP contribution in [0.4, 0.5) is 5.69 Å². The van der Waals surface area contributed by atoms with Crippen LogP contribution in [0.15, 0.2) is 36.8 Å². The fourth-order valence-corrected chi connectivity index (χ4v) is 3.59. The number of carbonyl (C=O) groups is 1.